The number of carboxylic acids is 1. The van der Waals surface area contributed by atoms with Gasteiger partial charge in [-0.1, -0.05) is 0 Å². The van der Waals surface area contributed by atoms with Crippen LogP contribution < -0.4 is 9.79 Å². The van der Waals surface area contributed by atoms with Crippen LogP contribution in [0.2, 0.25) is 0 Å². The van der Waals surface area contributed by atoms with Crippen LogP contribution in [-0.4, -0.2) is 16.8 Å². The normalized spacial score (nSPS) is 10.4. The molecule has 4 nitrogen and oxygen atoms in total. The van der Waals surface area contributed by atoms with Crippen molar-refractivity contribution >= 4 is 5.97 Å². The van der Waals surface area contributed by atoms with Gasteiger partial charge in [0.1, 0.15) is 5.97 Å². The standard InChI is InChI=1S/C5H9N2.C2HF3O2/c1-6-4-3-5-7(6)2;3-2(4,5)1(6)7/h3-5H,1-2H3;(H,6,7)/q+1;/p-1. The van der Waals surface area contributed by atoms with Gasteiger partial charge in [-0.15, -0.1) is 4.68 Å². The molecule has 0 atom stereocenters. The summed E-state index contributed by atoms with van der Waals surface area (Å²) in [6, 6.07) is 2.00. The Labute approximate surface area is 78.2 Å². The molecule has 0 fully saturated rings. The molecule has 7 heteroatoms. The average Bonchev–Trinajstić information content (AvgIpc) is 2.35. The van der Waals surface area contributed by atoms with Crippen LogP contribution in [-0.2, 0) is 18.9 Å². The first-order chi connectivity index (χ1) is 6.25. The summed E-state index contributed by atoms with van der Waals surface area (Å²) >= 11 is 0. The lowest BCUT2D eigenvalue weighted by atomic mass is 10.7. The highest BCUT2D eigenvalue weighted by Gasteiger charge is 2.28. The van der Waals surface area contributed by atoms with Crippen molar-refractivity contribution in [2.45, 2.75) is 6.18 Å². The quantitative estimate of drug-likeness (QED) is 0.523. The van der Waals surface area contributed by atoms with Gasteiger partial charge in [-0.3, -0.25) is 0 Å². The summed E-state index contributed by atoms with van der Waals surface area (Å²) in [5.41, 5.74) is 0. The van der Waals surface area contributed by atoms with Gasteiger partial charge >= 0.3 is 6.18 Å². The first-order valence-electron chi connectivity index (χ1n) is 3.50. The van der Waals surface area contributed by atoms with Crippen LogP contribution in [0.5, 0.6) is 0 Å². The molecule has 1 heterocycles. The number of aryl methyl sites for hydroxylation is 2. The molecular formula is C7H9F3N2O2. The minimum atomic E-state index is -5.19. The summed E-state index contributed by atoms with van der Waals surface area (Å²) in [6.07, 6.45) is -1.19. The van der Waals surface area contributed by atoms with E-state index in [2.05, 4.69) is 0 Å². The van der Waals surface area contributed by atoms with Gasteiger partial charge < -0.3 is 9.90 Å². The number of nitrogens with zero attached hydrogens (tertiary/aromatic N) is 2. The number of rotatable bonds is 0. The fourth-order valence-corrected chi connectivity index (χ4v) is 0.498. The van der Waals surface area contributed by atoms with Crippen LogP contribution in [0.1, 0.15) is 0 Å². The highest BCUT2D eigenvalue weighted by Crippen LogP contribution is 2.11. The highest BCUT2D eigenvalue weighted by atomic mass is 19.4. The Balaban J connectivity index is 0.000000241. The van der Waals surface area contributed by atoms with E-state index < -0.39 is 12.1 Å². The van der Waals surface area contributed by atoms with Gasteiger partial charge in [0.25, 0.3) is 0 Å². The van der Waals surface area contributed by atoms with Crippen LogP contribution in [0.3, 0.4) is 0 Å². The third-order valence-corrected chi connectivity index (χ3v) is 1.33. The number of halogens is 3. The molecule has 14 heavy (non-hydrogen) atoms. The van der Waals surface area contributed by atoms with E-state index in [1.165, 1.54) is 0 Å². The van der Waals surface area contributed by atoms with Gasteiger partial charge in [-0.2, -0.15) is 17.9 Å². The summed E-state index contributed by atoms with van der Waals surface area (Å²) < 4.78 is 35.5. The summed E-state index contributed by atoms with van der Waals surface area (Å²) in [4.78, 5) is 8.78. The minimum Gasteiger partial charge on any atom is -0.542 e. The van der Waals surface area contributed by atoms with Gasteiger partial charge in [0.05, 0.1) is 13.2 Å². The Kier molecular flexibility index (Phi) is 4.13. The zero-order chi connectivity index (χ0) is 11.4. The van der Waals surface area contributed by atoms with Crippen molar-refractivity contribution in [2.75, 3.05) is 0 Å². The lowest BCUT2D eigenvalue weighted by Crippen LogP contribution is -2.37. The van der Waals surface area contributed by atoms with E-state index in [9.17, 15) is 13.2 Å². The number of carbonyl (C=O) groups is 1. The third-order valence-electron chi connectivity index (χ3n) is 1.33. The summed E-state index contributed by atoms with van der Waals surface area (Å²) in [6.45, 7) is 0. The van der Waals surface area contributed by atoms with E-state index in [0.717, 1.165) is 0 Å². The van der Waals surface area contributed by atoms with Gasteiger partial charge in [0, 0.05) is 6.07 Å². The maximum atomic E-state index is 10.5. The SMILES string of the molecule is Cn1ccc[n+]1C.O=C([O-])C(F)(F)F. The fourth-order valence-electron chi connectivity index (χ4n) is 0.498. The van der Waals surface area contributed by atoms with Crippen LogP contribution >= 0.6 is 0 Å². The number of hydrogen-bond donors (Lipinski definition) is 0. The zero-order valence-electron chi connectivity index (χ0n) is 7.58. The van der Waals surface area contributed by atoms with Crippen molar-refractivity contribution < 1.29 is 27.8 Å². The van der Waals surface area contributed by atoms with Crippen molar-refractivity contribution in [3.63, 3.8) is 0 Å². The van der Waals surface area contributed by atoms with E-state index in [4.69, 9.17) is 9.90 Å². The molecule has 0 bridgehead atoms. The summed E-state index contributed by atoms with van der Waals surface area (Å²) in [5, 5.41) is 8.78. The molecule has 0 amide bonds. The zero-order valence-corrected chi connectivity index (χ0v) is 7.58. The second kappa shape index (κ2) is 4.64. The summed E-state index contributed by atoms with van der Waals surface area (Å²) in [5.74, 6) is -3.01. The Hall–Kier alpha value is -1.53. The molecule has 0 unspecified atom stereocenters. The smallest absolute Gasteiger partial charge is 0.430 e. The number of aromatic nitrogens is 2. The third kappa shape index (κ3) is 4.48. The predicted molar refractivity (Wildman–Crippen MR) is 37.7 cm³/mol. The molecular weight excluding hydrogens is 201 g/mol. The maximum Gasteiger partial charge on any atom is 0.430 e. The maximum absolute atomic E-state index is 10.5. The van der Waals surface area contributed by atoms with Gasteiger partial charge in [0.15, 0.2) is 13.2 Å². The van der Waals surface area contributed by atoms with Crippen molar-refractivity contribution in [2.24, 2.45) is 14.1 Å². The van der Waals surface area contributed by atoms with Crippen molar-refractivity contribution in [1.82, 2.24) is 4.68 Å². The number of aliphatic carboxylic acids is 1. The molecule has 0 N–H and O–H groups in total. The fraction of sp³-hybridized carbons (Fsp3) is 0.429. The molecule has 0 aromatic carbocycles. The highest BCUT2D eigenvalue weighted by molar-refractivity contribution is 5.70. The summed E-state index contributed by atoms with van der Waals surface area (Å²) in [7, 11) is 4.00. The number of hydrogen-bond acceptors (Lipinski definition) is 2. The Bertz CT molecular complexity index is 290. The van der Waals surface area contributed by atoms with E-state index in [1.54, 1.807) is 0 Å². The number of alkyl halides is 3. The Morgan fingerprint density at radius 1 is 1.50 bits per heavy atom. The Morgan fingerprint density at radius 2 is 1.93 bits per heavy atom. The number of carbonyl (C=O) groups excluding carboxylic acids is 1. The molecule has 0 saturated carbocycles. The van der Waals surface area contributed by atoms with Gasteiger partial charge in [0.2, 0.25) is 0 Å². The lowest BCUT2D eigenvalue weighted by molar-refractivity contribution is -0.751. The van der Waals surface area contributed by atoms with Crippen molar-refractivity contribution in [3.05, 3.63) is 18.5 Å². The lowest BCUT2D eigenvalue weighted by Gasteiger charge is -2.03. The average molecular weight is 210 g/mol. The first kappa shape index (κ1) is 12.5. The van der Waals surface area contributed by atoms with Crippen LogP contribution in [0, 0.1) is 0 Å². The van der Waals surface area contributed by atoms with Crippen LogP contribution in [0.15, 0.2) is 18.5 Å². The monoisotopic (exact) mass is 210 g/mol. The largest absolute Gasteiger partial charge is 0.542 e. The van der Waals surface area contributed by atoms with Crippen LogP contribution in [0.4, 0.5) is 13.2 Å². The molecule has 0 saturated heterocycles. The molecule has 0 spiro atoms. The number of carboxylic acid groups (broad SMARTS) is 1. The van der Waals surface area contributed by atoms with E-state index in [-0.39, 0.29) is 0 Å². The topological polar surface area (TPSA) is 48.9 Å². The molecule has 0 aliphatic rings. The molecule has 1 aromatic heterocycles. The van der Waals surface area contributed by atoms with Crippen molar-refractivity contribution in [3.8, 4) is 0 Å². The predicted octanol–water partition coefficient (Wildman–Crippen LogP) is -0.852. The van der Waals surface area contributed by atoms with E-state index in [0.29, 0.717) is 0 Å². The molecule has 1 rings (SSSR count). The molecule has 0 aliphatic carbocycles. The van der Waals surface area contributed by atoms with Gasteiger partial charge in [-0.25, -0.2) is 0 Å². The molecule has 80 valence electrons. The van der Waals surface area contributed by atoms with Crippen LogP contribution in [0.25, 0.3) is 0 Å². The minimum absolute atomic E-state index is 2.00. The van der Waals surface area contributed by atoms with E-state index in [1.807, 2.05) is 41.9 Å². The molecule has 0 aliphatic heterocycles. The molecule has 1 aromatic rings. The van der Waals surface area contributed by atoms with Crippen molar-refractivity contribution in [1.29, 1.82) is 0 Å². The van der Waals surface area contributed by atoms with E-state index >= 15 is 0 Å². The second-order valence-corrected chi connectivity index (χ2v) is 2.42. The van der Waals surface area contributed by atoms with Gasteiger partial charge in [-0.05, 0) is 0 Å². The molecule has 0 radical (unpaired) electrons. The second-order valence-electron chi connectivity index (χ2n) is 2.42. The Morgan fingerprint density at radius 3 is 2.00 bits per heavy atom. The first-order valence-corrected chi connectivity index (χ1v) is 3.50.